The Hall–Kier alpha value is -2.05. The van der Waals surface area contributed by atoms with Crippen molar-refractivity contribution in [2.24, 2.45) is 0 Å². The van der Waals surface area contributed by atoms with E-state index < -0.39 is 40.4 Å². The van der Waals surface area contributed by atoms with Crippen molar-refractivity contribution in [3.05, 3.63) is 35.1 Å². The second-order valence-electron chi connectivity index (χ2n) is 4.80. The highest BCUT2D eigenvalue weighted by Gasteiger charge is 2.42. The van der Waals surface area contributed by atoms with E-state index in [2.05, 4.69) is 5.32 Å². The zero-order valence-corrected chi connectivity index (χ0v) is 10.4. The number of aliphatic carboxylic acids is 1. The van der Waals surface area contributed by atoms with Crippen molar-refractivity contribution in [1.82, 2.24) is 5.32 Å². The van der Waals surface area contributed by atoms with E-state index >= 15 is 0 Å². The van der Waals surface area contributed by atoms with Crippen LogP contribution in [-0.4, -0.2) is 22.5 Å². The van der Waals surface area contributed by atoms with Crippen LogP contribution < -0.4 is 5.32 Å². The van der Waals surface area contributed by atoms with Crippen LogP contribution in [0.2, 0.25) is 0 Å². The van der Waals surface area contributed by atoms with E-state index in [1.165, 1.54) is 0 Å². The molecule has 0 unspecified atom stereocenters. The number of carboxylic acids is 1. The molecule has 20 heavy (non-hydrogen) atoms. The van der Waals surface area contributed by atoms with Crippen molar-refractivity contribution in [2.75, 3.05) is 0 Å². The molecule has 108 valence electrons. The third-order valence-corrected chi connectivity index (χ3v) is 3.47. The maximum atomic E-state index is 13.1. The predicted molar refractivity (Wildman–Crippen MR) is 62.6 cm³/mol. The molecule has 1 aromatic rings. The van der Waals surface area contributed by atoms with Crippen LogP contribution in [0.15, 0.2) is 12.1 Å². The molecule has 0 heterocycles. The van der Waals surface area contributed by atoms with Crippen molar-refractivity contribution < 1.29 is 27.9 Å². The van der Waals surface area contributed by atoms with Crippen LogP contribution in [0.5, 0.6) is 0 Å². The van der Waals surface area contributed by atoms with Gasteiger partial charge >= 0.3 is 5.97 Å². The molecule has 1 aliphatic rings. The molecule has 1 saturated carbocycles. The van der Waals surface area contributed by atoms with Gasteiger partial charge in [0.15, 0.2) is 17.5 Å². The number of carbonyl (C=O) groups excluding carboxylic acids is 1. The average Bonchev–Trinajstić information content (AvgIpc) is 2.85. The molecule has 0 spiro atoms. The highest BCUT2D eigenvalue weighted by Crippen LogP contribution is 2.30. The standard InChI is InChI=1S/C13H12F3NO3/c14-8-5-7(6-9(15)10(8)16)11(18)17-13(12(19)20)3-1-2-4-13/h5-6H,1-4H2,(H,17,18)(H,19,20). The molecule has 2 N–H and O–H groups in total. The van der Waals surface area contributed by atoms with Crippen LogP contribution in [0.25, 0.3) is 0 Å². The van der Waals surface area contributed by atoms with Gasteiger partial charge in [-0.15, -0.1) is 0 Å². The maximum Gasteiger partial charge on any atom is 0.329 e. The van der Waals surface area contributed by atoms with Crippen molar-refractivity contribution in [2.45, 2.75) is 31.2 Å². The van der Waals surface area contributed by atoms with Crippen LogP contribution in [-0.2, 0) is 4.79 Å². The molecule has 7 heteroatoms. The molecule has 4 nitrogen and oxygen atoms in total. The first-order chi connectivity index (χ1) is 9.35. The number of amides is 1. The van der Waals surface area contributed by atoms with Crippen molar-refractivity contribution in [3.63, 3.8) is 0 Å². The van der Waals surface area contributed by atoms with E-state index in [4.69, 9.17) is 0 Å². The van der Waals surface area contributed by atoms with Gasteiger partial charge in [-0.2, -0.15) is 0 Å². The van der Waals surface area contributed by atoms with Crippen LogP contribution in [0.3, 0.4) is 0 Å². The first-order valence-electron chi connectivity index (χ1n) is 6.06. The Bertz CT molecular complexity index is 545. The van der Waals surface area contributed by atoms with Crippen molar-refractivity contribution in [3.8, 4) is 0 Å². The van der Waals surface area contributed by atoms with Gasteiger partial charge < -0.3 is 10.4 Å². The van der Waals surface area contributed by atoms with Gasteiger partial charge in [0.05, 0.1) is 0 Å². The SMILES string of the molecule is O=C(NC1(C(=O)O)CCCC1)c1cc(F)c(F)c(F)c1. The molecular weight excluding hydrogens is 275 g/mol. The van der Waals surface area contributed by atoms with Gasteiger partial charge in [-0.05, 0) is 25.0 Å². The molecule has 2 rings (SSSR count). The summed E-state index contributed by atoms with van der Waals surface area (Å²) in [4.78, 5) is 23.2. The Morgan fingerprint density at radius 1 is 1.10 bits per heavy atom. The van der Waals surface area contributed by atoms with E-state index in [0.717, 1.165) is 0 Å². The lowest BCUT2D eigenvalue weighted by Gasteiger charge is -2.25. The largest absolute Gasteiger partial charge is 0.480 e. The van der Waals surface area contributed by atoms with Gasteiger partial charge in [-0.25, -0.2) is 18.0 Å². The van der Waals surface area contributed by atoms with Crippen molar-refractivity contribution >= 4 is 11.9 Å². The third-order valence-electron chi connectivity index (χ3n) is 3.47. The number of halogens is 3. The fraction of sp³-hybridized carbons (Fsp3) is 0.385. The first-order valence-corrected chi connectivity index (χ1v) is 6.06. The summed E-state index contributed by atoms with van der Waals surface area (Å²) in [5.41, 5.74) is -1.87. The monoisotopic (exact) mass is 287 g/mol. The first kappa shape index (κ1) is 14.4. The van der Waals surface area contributed by atoms with Gasteiger partial charge in [-0.1, -0.05) is 12.8 Å². The van der Waals surface area contributed by atoms with Crippen molar-refractivity contribution in [1.29, 1.82) is 0 Å². The number of nitrogens with one attached hydrogen (secondary N) is 1. The van der Waals surface area contributed by atoms with Crippen LogP contribution in [0.4, 0.5) is 13.2 Å². The lowest BCUT2D eigenvalue weighted by Crippen LogP contribution is -2.52. The molecule has 0 bridgehead atoms. The van der Waals surface area contributed by atoms with Gasteiger partial charge in [0, 0.05) is 5.56 Å². The number of hydrogen-bond donors (Lipinski definition) is 2. The van der Waals surface area contributed by atoms with E-state index in [-0.39, 0.29) is 12.8 Å². The summed E-state index contributed by atoms with van der Waals surface area (Å²) in [6, 6.07) is 1.08. The van der Waals surface area contributed by atoms with E-state index in [1.807, 2.05) is 0 Å². The molecular formula is C13H12F3NO3. The average molecular weight is 287 g/mol. The summed E-state index contributed by atoms with van der Waals surface area (Å²) in [6.07, 6.45) is 1.78. The Morgan fingerprint density at radius 3 is 2.05 bits per heavy atom. The zero-order chi connectivity index (χ0) is 14.9. The lowest BCUT2D eigenvalue weighted by molar-refractivity contribution is -0.144. The fourth-order valence-corrected chi connectivity index (χ4v) is 2.35. The molecule has 0 aromatic heterocycles. The summed E-state index contributed by atoms with van der Waals surface area (Å²) < 4.78 is 38.9. The molecule has 0 aliphatic heterocycles. The highest BCUT2D eigenvalue weighted by molar-refractivity contribution is 5.98. The number of hydrogen-bond acceptors (Lipinski definition) is 2. The van der Waals surface area contributed by atoms with Gasteiger partial charge in [-0.3, -0.25) is 4.79 Å². The van der Waals surface area contributed by atoms with Crippen LogP contribution in [0, 0.1) is 17.5 Å². The van der Waals surface area contributed by atoms with E-state index in [9.17, 15) is 27.9 Å². The van der Waals surface area contributed by atoms with Gasteiger partial charge in [0.2, 0.25) is 0 Å². The summed E-state index contributed by atoms with van der Waals surface area (Å²) in [6.45, 7) is 0. The minimum atomic E-state index is -1.67. The number of carbonyl (C=O) groups is 2. The topological polar surface area (TPSA) is 66.4 Å². The second kappa shape index (κ2) is 5.15. The minimum Gasteiger partial charge on any atom is -0.480 e. The minimum absolute atomic E-state index is 0.250. The third kappa shape index (κ3) is 2.48. The summed E-state index contributed by atoms with van der Waals surface area (Å²) in [5, 5.41) is 11.5. The zero-order valence-electron chi connectivity index (χ0n) is 10.4. The lowest BCUT2D eigenvalue weighted by atomic mass is 9.97. The van der Waals surface area contributed by atoms with Crippen LogP contribution >= 0.6 is 0 Å². The summed E-state index contributed by atoms with van der Waals surface area (Å²) >= 11 is 0. The molecule has 1 amide bonds. The molecule has 0 radical (unpaired) electrons. The van der Waals surface area contributed by atoms with Gasteiger partial charge in [0.25, 0.3) is 5.91 Å². The number of rotatable bonds is 3. The Labute approximate surface area is 112 Å². The number of benzene rings is 1. The van der Waals surface area contributed by atoms with E-state index in [1.54, 1.807) is 0 Å². The fourth-order valence-electron chi connectivity index (χ4n) is 2.35. The van der Waals surface area contributed by atoms with Gasteiger partial charge in [0.1, 0.15) is 5.54 Å². The number of carboxylic acid groups (broad SMARTS) is 1. The predicted octanol–water partition coefficient (Wildman–Crippen LogP) is 2.23. The highest BCUT2D eigenvalue weighted by atomic mass is 19.2. The maximum absolute atomic E-state index is 13.1. The van der Waals surface area contributed by atoms with E-state index in [0.29, 0.717) is 25.0 Å². The quantitative estimate of drug-likeness (QED) is 0.838. The molecule has 1 aromatic carbocycles. The Morgan fingerprint density at radius 2 is 1.60 bits per heavy atom. The Kier molecular flexibility index (Phi) is 3.69. The smallest absolute Gasteiger partial charge is 0.329 e. The van der Waals surface area contributed by atoms with Crippen LogP contribution in [0.1, 0.15) is 36.0 Å². The summed E-state index contributed by atoms with van der Waals surface area (Å²) in [7, 11) is 0. The molecule has 1 fully saturated rings. The molecule has 0 atom stereocenters. The normalized spacial score (nSPS) is 16.9. The second-order valence-corrected chi connectivity index (χ2v) is 4.80. The summed E-state index contributed by atoms with van der Waals surface area (Å²) in [5.74, 6) is -6.79. The Balaban J connectivity index is 2.26. The molecule has 0 saturated heterocycles. The molecule has 1 aliphatic carbocycles.